The van der Waals surface area contributed by atoms with Gasteiger partial charge in [-0.1, -0.05) is 0 Å². The smallest absolute Gasteiger partial charge is 0.346 e. The summed E-state index contributed by atoms with van der Waals surface area (Å²) < 4.78 is 1.03. The first-order valence-electron chi connectivity index (χ1n) is 3.93. The van der Waals surface area contributed by atoms with Crippen molar-refractivity contribution in [1.82, 2.24) is 9.61 Å². The van der Waals surface area contributed by atoms with Gasteiger partial charge in [0.15, 0.2) is 0 Å². The Kier molecular flexibility index (Phi) is 1.76. The lowest BCUT2D eigenvalue weighted by molar-refractivity contribution is -0.390. The van der Waals surface area contributed by atoms with E-state index in [1.165, 1.54) is 12.1 Å². The molecule has 2 rings (SSSR count). The van der Waals surface area contributed by atoms with E-state index in [0.29, 0.717) is 0 Å². The minimum atomic E-state index is -0.616. The van der Waals surface area contributed by atoms with Gasteiger partial charge in [-0.15, -0.1) is 4.52 Å². The molecule has 15 heavy (non-hydrogen) atoms. The Morgan fingerprint density at radius 1 is 1.53 bits per heavy atom. The molecule has 1 N–H and O–H groups in total. The van der Waals surface area contributed by atoms with Gasteiger partial charge in [0.05, 0.1) is 6.20 Å². The summed E-state index contributed by atoms with van der Waals surface area (Å²) >= 11 is 0. The van der Waals surface area contributed by atoms with E-state index in [0.717, 1.165) is 10.7 Å². The average Bonchev–Trinajstić information content (AvgIpc) is 2.62. The summed E-state index contributed by atoms with van der Waals surface area (Å²) in [5.74, 6) is -0.244. The van der Waals surface area contributed by atoms with Crippen molar-refractivity contribution in [3.05, 3.63) is 44.2 Å². The molecular weight excluding hydrogens is 200 g/mol. The van der Waals surface area contributed by atoms with Gasteiger partial charge >= 0.3 is 5.82 Å². The molecule has 74 valence electrons. The Labute approximate surface area is 82.3 Å². The highest BCUT2D eigenvalue weighted by atomic mass is 16.6. The Bertz CT molecular complexity index is 646. The molecule has 0 amide bonds. The quantitative estimate of drug-likeness (QED) is 0.536. The molecule has 7 heteroatoms. The number of nitro groups is 1. The van der Waals surface area contributed by atoms with Crippen molar-refractivity contribution in [2.45, 2.75) is 0 Å². The summed E-state index contributed by atoms with van der Waals surface area (Å²) in [5, 5.41) is 21.6. The molecule has 0 saturated carbocycles. The molecule has 0 aliphatic carbocycles. The van der Waals surface area contributed by atoms with Crippen molar-refractivity contribution < 1.29 is 4.92 Å². The van der Waals surface area contributed by atoms with Gasteiger partial charge < -0.3 is 10.1 Å². The number of aromatic nitrogens is 2. The van der Waals surface area contributed by atoms with Gasteiger partial charge in [0.25, 0.3) is 0 Å². The highest BCUT2D eigenvalue weighted by Gasteiger charge is 2.16. The molecule has 0 spiro atoms. The number of hydrogen-bond donors (Lipinski definition) is 1. The van der Waals surface area contributed by atoms with Gasteiger partial charge in [-0.05, 0) is 11.0 Å². The maximum atomic E-state index is 11.5. The van der Waals surface area contributed by atoms with Crippen LogP contribution in [0.5, 0.6) is 0 Å². The largest absolute Gasteiger partial charge is 0.358 e. The molecular formula is C8H4N4O3. The van der Waals surface area contributed by atoms with Crippen LogP contribution >= 0.6 is 0 Å². The van der Waals surface area contributed by atoms with Gasteiger partial charge in [-0.2, -0.15) is 5.26 Å². The second-order valence-electron chi connectivity index (χ2n) is 2.80. The van der Waals surface area contributed by atoms with Crippen molar-refractivity contribution in [1.29, 1.82) is 5.26 Å². The molecule has 0 aliphatic rings. The zero-order valence-electron chi connectivity index (χ0n) is 7.30. The van der Waals surface area contributed by atoms with Crippen LogP contribution in [0.3, 0.4) is 0 Å². The lowest BCUT2D eigenvalue weighted by Crippen LogP contribution is -2.11. The van der Waals surface area contributed by atoms with Gasteiger partial charge in [-0.3, -0.25) is 4.79 Å². The van der Waals surface area contributed by atoms with Crippen molar-refractivity contribution in [3.8, 4) is 6.07 Å². The van der Waals surface area contributed by atoms with Gasteiger partial charge in [0, 0.05) is 6.07 Å². The molecule has 0 radical (unpaired) electrons. The number of H-pyrrole nitrogens is 1. The molecule has 7 nitrogen and oxygen atoms in total. The molecule has 0 bridgehead atoms. The van der Waals surface area contributed by atoms with Crippen molar-refractivity contribution in [2.75, 3.05) is 0 Å². The Morgan fingerprint density at radius 3 is 2.87 bits per heavy atom. The number of aromatic amines is 1. The third-order valence-electron chi connectivity index (χ3n) is 1.98. The van der Waals surface area contributed by atoms with Crippen LogP contribution in [0.1, 0.15) is 5.56 Å². The van der Waals surface area contributed by atoms with Gasteiger partial charge in [-0.25, -0.2) is 5.10 Å². The molecule has 2 aromatic rings. The monoisotopic (exact) mass is 204 g/mol. The first kappa shape index (κ1) is 8.96. The number of nitriles is 1. The van der Waals surface area contributed by atoms with Crippen molar-refractivity contribution in [2.24, 2.45) is 0 Å². The molecule has 2 heterocycles. The number of nitrogens with zero attached hydrogens (tertiary/aromatic N) is 3. The average molecular weight is 204 g/mol. The second-order valence-corrected chi connectivity index (χ2v) is 2.80. The lowest BCUT2D eigenvalue weighted by atomic mass is 10.3. The fourth-order valence-corrected chi connectivity index (χ4v) is 1.30. The number of fused-ring (bicyclic) bond motifs is 1. The minimum Gasteiger partial charge on any atom is -0.358 e. The van der Waals surface area contributed by atoms with Crippen LogP contribution in [0.4, 0.5) is 5.82 Å². The van der Waals surface area contributed by atoms with E-state index in [-0.39, 0.29) is 16.9 Å². The standard InChI is InChI=1S/C8H4N4O3/c9-3-5-4-10-11-6(8(5)13)1-2-7(11)12(14)15/h1-2,4,10H. The lowest BCUT2D eigenvalue weighted by Gasteiger charge is -1.93. The predicted octanol–water partition coefficient (Wildman–Crippen LogP) is 0.407. The summed E-state index contributed by atoms with van der Waals surface area (Å²) in [7, 11) is 0. The number of nitrogens with one attached hydrogen (secondary N) is 1. The van der Waals surface area contributed by atoms with E-state index in [1.807, 2.05) is 0 Å². The zero-order chi connectivity index (χ0) is 11.0. The van der Waals surface area contributed by atoms with Crippen LogP contribution < -0.4 is 5.43 Å². The number of rotatable bonds is 1. The summed E-state index contributed by atoms with van der Waals surface area (Å²) in [6.07, 6.45) is 1.14. The van der Waals surface area contributed by atoms with E-state index in [4.69, 9.17) is 5.26 Å². The Morgan fingerprint density at radius 2 is 2.27 bits per heavy atom. The van der Waals surface area contributed by atoms with E-state index in [2.05, 4.69) is 5.10 Å². The van der Waals surface area contributed by atoms with Crippen LogP contribution in [-0.2, 0) is 0 Å². The molecule has 2 aromatic heterocycles. The maximum absolute atomic E-state index is 11.5. The number of hydrogen-bond acceptors (Lipinski definition) is 4. The second kappa shape index (κ2) is 2.95. The zero-order valence-corrected chi connectivity index (χ0v) is 7.30. The summed E-state index contributed by atoms with van der Waals surface area (Å²) in [5.41, 5.74) is -0.513. The van der Waals surface area contributed by atoms with Crippen molar-refractivity contribution >= 4 is 11.3 Å². The first-order valence-corrected chi connectivity index (χ1v) is 3.93. The SMILES string of the molecule is N#Cc1c[nH]n2c([N+](=O)[O-])ccc2c1=O. The fourth-order valence-electron chi connectivity index (χ4n) is 1.30. The van der Waals surface area contributed by atoms with E-state index >= 15 is 0 Å². The first-order chi connectivity index (χ1) is 7.15. The third kappa shape index (κ3) is 1.16. The van der Waals surface area contributed by atoms with Crippen LogP contribution in [0.2, 0.25) is 0 Å². The molecule has 0 aliphatic heterocycles. The van der Waals surface area contributed by atoms with Gasteiger partial charge in [0.2, 0.25) is 10.9 Å². The highest BCUT2D eigenvalue weighted by molar-refractivity contribution is 5.55. The fraction of sp³-hybridized carbons (Fsp3) is 0. The van der Waals surface area contributed by atoms with E-state index in [1.54, 1.807) is 6.07 Å². The maximum Gasteiger partial charge on any atom is 0.346 e. The summed E-state index contributed by atoms with van der Waals surface area (Å²) in [6, 6.07) is 4.21. The summed E-state index contributed by atoms with van der Waals surface area (Å²) in [6.45, 7) is 0. The Balaban J connectivity index is 2.89. The van der Waals surface area contributed by atoms with E-state index in [9.17, 15) is 14.9 Å². The molecule has 0 fully saturated rings. The Hall–Kier alpha value is -2.62. The molecule has 0 atom stereocenters. The molecule has 0 unspecified atom stereocenters. The highest BCUT2D eigenvalue weighted by Crippen LogP contribution is 2.12. The van der Waals surface area contributed by atoms with Crippen LogP contribution in [0.15, 0.2) is 23.1 Å². The van der Waals surface area contributed by atoms with E-state index < -0.39 is 10.4 Å². The van der Waals surface area contributed by atoms with Crippen LogP contribution in [-0.4, -0.2) is 14.5 Å². The topological polar surface area (TPSA) is 104 Å². The predicted molar refractivity (Wildman–Crippen MR) is 49.4 cm³/mol. The van der Waals surface area contributed by atoms with Crippen LogP contribution in [0.25, 0.3) is 5.52 Å². The normalized spacial score (nSPS) is 10.1. The minimum absolute atomic E-state index is 0.0736. The van der Waals surface area contributed by atoms with Crippen LogP contribution in [0, 0.1) is 21.4 Å². The molecule has 0 saturated heterocycles. The summed E-state index contributed by atoms with van der Waals surface area (Å²) in [4.78, 5) is 21.4. The van der Waals surface area contributed by atoms with Gasteiger partial charge in [0.1, 0.15) is 11.6 Å². The third-order valence-corrected chi connectivity index (χ3v) is 1.98. The van der Waals surface area contributed by atoms with Crippen molar-refractivity contribution in [3.63, 3.8) is 0 Å². The molecule has 0 aromatic carbocycles.